The van der Waals surface area contributed by atoms with Crippen LogP contribution in [-0.4, -0.2) is 16.8 Å². The van der Waals surface area contributed by atoms with Gasteiger partial charge in [0.15, 0.2) is 16.1 Å². The van der Waals surface area contributed by atoms with E-state index in [1.165, 1.54) is 16.2 Å². The summed E-state index contributed by atoms with van der Waals surface area (Å²) in [7, 11) is 0. The lowest BCUT2D eigenvalue weighted by atomic mass is 9.84. The van der Waals surface area contributed by atoms with Gasteiger partial charge in [-0.05, 0) is 60.9 Å². The number of anilines is 2. The number of fused-ring (bicyclic) bond motifs is 5. The first-order chi connectivity index (χ1) is 18.8. The third-order valence-corrected chi connectivity index (χ3v) is 8.61. The molecule has 9 heteroatoms. The van der Waals surface area contributed by atoms with Gasteiger partial charge in [0.05, 0.1) is 23.2 Å². The average molecular weight is 554 g/mol. The van der Waals surface area contributed by atoms with E-state index in [0.717, 1.165) is 16.7 Å². The number of amides is 2. The molecule has 7 nitrogen and oxygen atoms in total. The Hall–Kier alpha value is -4.27. The van der Waals surface area contributed by atoms with Crippen LogP contribution in [0.25, 0.3) is 11.0 Å². The number of thiazole rings is 1. The maximum absolute atomic E-state index is 14.8. The molecule has 2 amide bonds. The van der Waals surface area contributed by atoms with Crippen LogP contribution in [0.3, 0.4) is 0 Å². The van der Waals surface area contributed by atoms with Crippen LogP contribution in [0, 0.1) is 13.8 Å². The summed E-state index contributed by atoms with van der Waals surface area (Å²) in [6.07, 6.45) is 1.57. The van der Waals surface area contributed by atoms with Gasteiger partial charge in [0.25, 0.3) is 11.8 Å². The van der Waals surface area contributed by atoms with E-state index < -0.39 is 22.8 Å². The third kappa shape index (κ3) is 3.16. The number of para-hydroxylation sites is 1. The van der Waals surface area contributed by atoms with Gasteiger partial charge in [0, 0.05) is 22.2 Å². The van der Waals surface area contributed by atoms with Crippen molar-refractivity contribution in [3.8, 4) is 0 Å². The molecule has 0 N–H and O–H groups in total. The second-order valence-corrected chi connectivity index (χ2v) is 11.1. The third-order valence-electron chi connectivity index (χ3n) is 7.61. The monoisotopic (exact) mass is 553 g/mol. The highest BCUT2D eigenvalue weighted by molar-refractivity contribution is 7.13. The van der Waals surface area contributed by atoms with E-state index in [9.17, 15) is 14.4 Å². The van der Waals surface area contributed by atoms with Gasteiger partial charge in [0.2, 0.25) is 5.76 Å². The Labute approximate surface area is 231 Å². The van der Waals surface area contributed by atoms with Gasteiger partial charge in [-0.25, -0.2) is 4.98 Å². The van der Waals surface area contributed by atoms with E-state index in [1.807, 2.05) is 38.1 Å². The van der Waals surface area contributed by atoms with Gasteiger partial charge >= 0.3 is 0 Å². The standard InChI is InChI=1S/C30H20ClN3O4S/c1-16-13-20-23(14-17(16)2)38-26-24(25(20)35)30(34(27(26)36)29-32-11-12-39-29)21-5-3-4-6-22(21)33(28(30)37)15-18-7-9-19(31)10-8-18/h3-14H,15H2,1-2H3. The smallest absolute Gasteiger partial charge is 0.297 e. The van der Waals surface area contributed by atoms with Crippen molar-refractivity contribution >= 4 is 56.5 Å². The lowest BCUT2D eigenvalue weighted by Crippen LogP contribution is -2.53. The Bertz CT molecular complexity index is 1900. The molecule has 1 spiro atoms. The predicted molar refractivity (Wildman–Crippen MR) is 151 cm³/mol. The second kappa shape index (κ2) is 8.36. The molecule has 0 fully saturated rings. The molecular weight excluding hydrogens is 534 g/mol. The number of aryl methyl sites for hydroxylation is 2. The first kappa shape index (κ1) is 23.8. The zero-order valence-corrected chi connectivity index (χ0v) is 22.5. The predicted octanol–water partition coefficient (Wildman–Crippen LogP) is 5.97. The normalized spacial score (nSPS) is 17.9. The Morgan fingerprint density at radius 1 is 1.00 bits per heavy atom. The first-order valence-corrected chi connectivity index (χ1v) is 13.6. The summed E-state index contributed by atoms with van der Waals surface area (Å²) in [5.74, 6) is -1.13. The molecule has 39 heavy (non-hydrogen) atoms. The molecule has 0 radical (unpaired) electrons. The van der Waals surface area contributed by atoms with Gasteiger partial charge in [0.1, 0.15) is 5.58 Å². The fourth-order valence-electron chi connectivity index (χ4n) is 5.67. The molecule has 2 aliphatic heterocycles. The molecule has 0 saturated heterocycles. The molecule has 4 heterocycles. The minimum atomic E-state index is -1.76. The zero-order chi connectivity index (χ0) is 27.1. The maximum atomic E-state index is 14.8. The summed E-state index contributed by atoms with van der Waals surface area (Å²) >= 11 is 7.31. The van der Waals surface area contributed by atoms with Crippen molar-refractivity contribution in [2.24, 2.45) is 0 Å². The number of hydrogen-bond donors (Lipinski definition) is 0. The summed E-state index contributed by atoms with van der Waals surface area (Å²) in [4.78, 5) is 50.6. The topological polar surface area (TPSA) is 83.7 Å². The van der Waals surface area contributed by atoms with Crippen molar-refractivity contribution in [3.05, 3.63) is 121 Å². The van der Waals surface area contributed by atoms with Crippen LogP contribution < -0.4 is 15.2 Å². The van der Waals surface area contributed by atoms with Crippen molar-refractivity contribution in [2.45, 2.75) is 25.9 Å². The lowest BCUT2D eigenvalue weighted by Gasteiger charge is -2.32. The Balaban J connectivity index is 1.56. The molecular formula is C30H20ClN3O4S. The van der Waals surface area contributed by atoms with E-state index >= 15 is 0 Å². The summed E-state index contributed by atoms with van der Waals surface area (Å²) in [6.45, 7) is 4.05. The van der Waals surface area contributed by atoms with Crippen molar-refractivity contribution in [1.82, 2.24) is 4.98 Å². The molecule has 0 aliphatic carbocycles. The van der Waals surface area contributed by atoms with Crippen molar-refractivity contribution in [1.29, 1.82) is 0 Å². The number of carbonyl (C=O) groups is 2. The molecule has 5 aromatic rings. The number of halogens is 1. The highest BCUT2D eigenvalue weighted by atomic mass is 35.5. The average Bonchev–Trinajstić information content (AvgIpc) is 3.60. The van der Waals surface area contributed by atoms with Gasteiger partial charge in [-0.15, -0.1) is 11.3 Å². The molecule has 192 valence electrons. The Kier molecular flexibility index (Phi) is 5.11. The number of carbonyl (C=O) groups excluding carboxylic acids is 2. The maximum Gasteiger partial charge on any atom is 0.297 e. The lowest BCUT2D eigenvalue weighted by molar-refractivity contribution is -0.121. The molecule has 3 aromatic carbocycles. The first-order valence-electron chi connectivity index (χ1n) is 12.3. The van der Waals surface area contributed by atoms with Gasteiger partial charge in [-0.2, -0.15) is 0 Å². The summed E-state index contributed by atoms with van der Waals surface area (Å²) in [5, 5.41) is 2.95. The Morgan fingerprint density at radius 2 is 1.74 bits per heavy atom. The van der Waals surface area contributed by atoms with Crippen LogP contribution in [0.1, 0.15) is 38.4 Å². The van der Waals surface area contributed by atoms with Crippen LogP contribution in [-0.2, 0) is 16.9 Å². The van der Waals surface area contributed by atoms with Gasteiger partial charge in [-0.1, -0.05) is 41.9 Å². The quantitative estimate of drug-likeness (QED) is 0.275. The minimum Gasteiger partial charge on any atom is -0.450 e. The highest BCUT2D eigenvalue weighted by Gasteiger charge is 2.66. The van der Waals surface area contributed by atoms with Crippen LogP contribution in [0.2, 0.25) is 5.02 Å². The van der Waals surface area contributed by atoms with E-state index in [2.05, 4.69) is 4.98 Å². The SMILES string of the molecule is Cc1cc2oc3c(c(=O)c2cc1C)C1(C(=O)N(Cc2ccc(Cl)cc2)c2ccccc21)N(c1nccs1)C3=O. The number of rotatable bonds is 3. The van der Waals surface area contributed by atoms with Crippen molar-refractivity contribution < 1.29 is 14.0 Å². The number of aromatic nitrogens is 1. The zero-order valence-electron chi connectivity index (χ0n) is 20.9. The van der Waals surface area contributed by atoms with E-state index in [0.29, 0.717) is 32.4 Å². The van der Waals surface area contributed by atoms with E-state index in [4.69, 9.17) is 16.0 Å². The van der Waals surface area contributed by atoms with Gasteiger partial charge < -0.3 is 9.32 Å². The number of hydrogen-bond acceptors (Lipinski definition) is 6. The molecule has 1 atom stereocenters. The number of benzene rings is 3. The highest BCUT2D eigenvalue weighted by Crippen LogP contribution is 2.54. The van der Waals surface area contributed by atoms with Crippen molar-refractivity contribution in [2.75, 3.05) is 9.80 Å². The molecule has 7 rings (SSSR count). The van der Waals surface area contributed by atoms with Crippen molar-refractivity contribution in [3.63, 3.8) is 0 Å². The van der Waals surface area contributed by atoms with E-state index in [-0.39, 0.29) is 17.9 Å². The Morgan fingerprint density at radius 3 is 2.49 bits per heavy atom. The summed E-state index contributed by atoms with van der Waals surface area (Å²) in [5.41, 5.74) is 1.99. The van der Waals surface area contributed by atoms with E-state index in [1.54, 1.807) is 52.9 Å². The minimum absolute atomic E-state index is 0.0227. The molecule has 2 aliphatic rings. The molecule has 0 bridgehead atoms. The summed E-state index contributed by atoms with van der Waals surface area (Å²) in [6, 6.07) is 18.0. The number of nitrogens with zero attached hydrogens (tertiary/aromatic N) is 3. The van der Waals surface area contributed by atoms with Gasteiger partial charge in [-0.3, -0.25) is 19.3 Å². The van der Waals surface area contributed by atoms with Crippen LogP contribution in [0.4, 0.5) is 10.8 Å². The second-order valence-electron chi connectivity index (χ2n) is 9.77. The fraction of sp³-hybridized carbons (Fsp3) is 0.133. The fourth-order valence-corrected chi connectivity index (χ4v) is 6.49. The molecule has 0 saturated carbocycles. The molecule has 2 aromatic heterocycles. The van der Waals surface area contributed by atoms with Crippen LogP contribution >= 0.6 is 22.9 Å². The van der Waals surface area contributed by atoms with Crippen LogP contribution in [0.15, 0.2) is 81.5 Å². The van der Waals surface area contributed by atoms with Crippen LogP contribution in [0.5, 0.6) is 0 Å². The molecule has 1 unspecified atom stereocenters. The largest absolute Gasteiger partial charge is 0.450 e. The summed E-state index contributed by atoms with van der Waals surface area (Å²) < 4.78 is 6.18.